The van der Waals surface area contributed by atoms with E-state index in [-0.39, 0.29) is 11.7 Å². The number of halogens is 1. The summed E-state index contributed by atoms with van der Waals surface area (Å²) in [7, 11) is 0. The predicted octanol–water partition coefficient (Wildman–Crippen LogP) is 3.21. The van der Waals surface area contributed by atoms with Gasteiger partial charge in [-0.15, -0.1) is 0 Å². The molecule has 2 heteroatoms. The number of benzene rings is 1. The molecule has 1 fully saturated rings. The van der Waals surface area contributed by atoms with Crippen molar-refractivity contribution in [1.82, 2.24) is 0 Å². The quantitative estimate of drug-likeness (QED) is 0.808. The van der Waals surface area contributed by atoms with E-state index >= 15 is 0 Å². The average molecular weight is 208 g/mol. The van der Waals surface area contributed by atoms with Crippen LogP contribution in [0.1, 0.15) is 37.0 Å². The highest BCUT2D eigenvalue weighted by atomic mass is 19.1. The van der Waals surface area contributed by atoms with Crippen LogP contribution < -0.4 is 0 Å². The molecule has 0 radical (unpaired) electrons. The van der Waals surface area contributed by atoms with Crippen LogP contribution in [0.3, 0.4) is 0 Å². The highest BCUT2D eigenvalue weighted by Gasteiger charge is 2.33. The Labute approximate surface area is 89.9 Å². The van der Waals surface area contributed by atoms with Crippen molar-refractivity contribution in [3.05, 3.63) is 35.1 Å². The average Bonchev–Trinajstić information content (AvgIpc) is 2.99. The second-order valence-electron chi connectivity index (χ2n) is 4.64. The monoisotopic (exact) mass is 208 g/mol. The Kier molecular flexibility index (Phi) is 2.79. The van der Waals surface area contributed by atoms with Gasteiger partial charge in [-0.25, -0.2) is 4.39 Å². The van der Waals surface area contributed by atoms with Crippen molar-refractivity contribution in [1.29, 1.82) is 0 Å². The van der Waals surface area contributed by atoms with Gasteiger partial charge in [-0.1, -0.05) is 13.0 Å². The summed E-state index contributed by atoms with van der Waals surface area (Å²) >= 11 is 0. The van der Waals surface area contributed by atoms with E-state index in [4.69, 9.17) is 0 Å². The van der Waals surface area contributed by atoms with Crippen LogP contribution in [0.4, 0.5) is 4.39 Å². The molecular formula is C13H17FO. The van der Waals surface area contributed by atoms with Crippen molar-refractivity contribution in [3.8, 4) is 0 Å². The Morgan fingerprint density at radius 3 is 2.60 bits per heavy atom. The smallest absolute Gasteiger partial charge is 0.123 e. The Morgan fingerprint density at radius 1 is 1.40 bits per heavy atom. The normalized spacial score (nSPS) is 20.0. The van der Waals surface area contributed by atoms with Crippen LogP contribution in [0, 0.1) is 24.6 Å². The number of hydrogen-bond acceptors (Lipinski definition) is 1. The van der Waals surface area contributed by atoms with E-state index < -0.39 is 6.10 Å². The summed E-state index contributed by atoms with van der Waals surface area (Å²) in [6, 6.07) is 4.61. The summed E-state index contributed by atoms with van der Waals surface area (Å²) in [6.45, 7) is 3.92. The third-order valence-electron chi connectivity index (χ3n) is 3.41. The minimum absolute atomic E-state index is 0.234. The third kappa shape index (κ3) is 2.20. The zero-order valence-electron chi connectivity index (χ0n) is 9.20. The topological polar surface area (TPSA) is 20.2 Å². The first-order valence-corrected chi connectivity index (χ1v) is 5.53. The Balaban J connectivity index is 2.20. The van der Waals surface area contributed by atoms with Crippen LogP contribution in [0.5, 0.6) is 0 Å². The van der Waals surface area contributed by atoms with Gasteiger partial charge in [0.2, 0.25) is 0 Å². The van der Waals surface area contributed by atoms with Crippen molar-refractivity contribution in [3.63, 3.8) is 0 Å². The molecule has 1 saturated carbocycles. The lowest BCUT2D eigenvalue weighted by Crippen LogP contribution is -2.12. The molecule has 0 aliphatic heterocycles. The molecule has 2 unspecified atom stereocenters. The maximum absolute atomic E-state index is 12.9. The largest absolute Gasteiger partial charge is 0.388 e. The maximum Gasteiger partial charge on any atom is 0.123 e. The zero-order valence-corrected chi connectivity index (χ0v) is 9.20. The Morgan fingerprint density at radius 2 is 2.07 bits per heavy atom. The van der Waals surface area contributed by atoms with Gasteiger partial charge in [0, 0.05) is 0 Å². The molecule has 1 aromatic carbocycles. The predicted molar refractivity (Wildman–Crippen MR) is 58.0 cm³/mol. The Bertz CT molecular complexity index is 358. The summed E-state index contributed by atoms with van der Waals surface area (Å²) < 4.78 is 12.9. The van der Waals surface area contributed by atoms with Crippen LogP contribution in [0.15, 0.2) is 18.2 Å². The summed E-state index contributed by atoms with van der Waals surface area (Å²) in [5.74, 6) is 0.709. The second kappa shape index (κ2) is 3.93. The number of aryl methyl sites for hydroxylation is 1. The molecule has 2 rings (SSSR count). The molecule has 0 amide bonds. The number of rotatable bonds is 3. The van der Waals surface area contributed by atoms with Gasteiger partial charge >= 0.3 is 0 Å². The fourth-order valence-corrected chi connectivity index (χ4v) is 2.13. The van der Waals surface area contributed by atoms with E-state index in [1.165, 1.54) is 25.0 Å². The van der Waals surface area contributed by atoms with Crippen molar-refractivity contribution in [2.45, 2.75) is 32.8 Å². The fraction of sp³-hybridized carbons (Fsp3) is 0.538. The molecule has 1 nitrogen and oxygen atoms in total. The third-order valence-corrected chi connectivity index (χ3v) is 3.41. The van der Waals surface area contributed by atoms with E-state index in [2.05, 4.69) is 6.92 Å². The molecule has 1 aliphatic carbocycles. The molecule has 1 N–H and O–H groups in total. The molecule has 0 aromatic heterocycles. The highest BCUT2D eigenvalue weighted by molar-refractivity contribution is 5.29. The van der Waals surface area contributed by atoms with E-state index in [0.717, 1.165) is 11.1 Å². The minimum Gasteiger partial charge on any atom is -0.388 e. The van der Waals surface area contributed by atoms with Crippen molar-refractivity contribution < 1.29 is 9.50 Å². The van der Waals surface area contributed by atoms with Crippen LogP contribution in [-0.2, 0) is 0 Å². The van der Waals surface area contributed by atoms with Gasteiger partial charge < -0.3 is 5.11 Å². The van der Waals surface area contributed by atoms with Gasteiger partial charge in [-0.2, -0.15) is 0 Å². The van der Waals surface area contributed by atoms with Crippen LogP contribution in [-0.4, -0.2) is 5.11 Å². The molecule has 0 heterocycles. The van der Waals surface area contributed by atoms with Crippen LogP contribution >= 0.6 is 0 Å². The highest BCUT2D eigenvalue weighted by Crippen LogP contribution is 2.43. The van der Waals surface area contributed by atoms with Crippen molar-refractivity contribution in [2.24, 2.45) is 11.8 Å². The van der Waals surface area contributed by atoms with Crippen LogP contribution in [0.25, 0.3) is 0 Å². The lowest BCUT2D eigenvalue weighted by molar-refractivity contribution is 0.105. The van der Waals surface area contributed by atoms with Crippen LogP contribution in [0.2, 0.25) is 0 Å². The first-order valence-electron chi connectivity index (χ1n) is 5.53. The van der Waals surface area contributed by atoms with Gasteiger partial charge in [0.05, 0.1) is 6.10 Å². The van der Waals surface area contributed by atoms with Crippen molar-refractivity contribution >= 4 is 0 Å². The summed E-state index contributed by atoms with van der Waals surface area (Å²) in [4.78, 5) is 0. The molecule has 2 atom stereocenters. The van der Waals surface area contributed by atoms with E-state index in [1.807, 2.05) is 6.92 Å². The zero-order chi connectivity index (χ0) is 11.0. The van der Waals surface area contributed by atoms with Gasteiger partial charge in [0.1, 0.15) is 5.82 Å². The van der Waals surface area contributed by atoms with Gasteiger partial charge in [0.25, 0.3) is 0 Å². The molecule has 15 heavy (non-hydrogen) atoms. The maximum atomic E-state index is 12.9. The fourth-order valence-electron chi connectivity index (χ4n) is 2.13. The van der Waals surface area contributed by atoms with E-state index in [1.54, 1.807) is 6.07 Å². The van der Waals surface area contributed by atoms with Crippen molar-refractivity contribution in [2.75, 3.05) is 0 Å². The first kappa shape index (κ1) is 10.6. The lowest BCUT2D eigenvalue weighted by Gasteiger charge is -2.20. The molecule has 1 aromatic rings. The molecular weight excluding hydrogens is 191 g/mol. The number of hydrogen-bond donors (Lipinski definition) is 1. The lowest BCUT2D eigenvalue weighted by atomic mass is 9.91. The van der Waals surface area contributed by atoms with E-state index in [9.17, 15) is 9.50 Å². The summed E-state index contributed by atoms with van der Waals surface area (Å²) in [5.41, 5.74) is 1.71. The first-order chi connectivity index (χ1) is 7.09. The number of aliphatic hydroxyl groups is 1. The van der Waals surface area contributed by atoms with Gasteiger partial charge in [-0.05, 0) is 54.9 Å². The standard InChI is InChI=1S/C13H17FO/c1-8-7-11(14)5-6-12(8)13(15)9(2)10-3-4-10/h5-7,9-10,13,15H,3-4H2,1-2H3. The molecule has 82 valence electrons. The van der Waals surface area contributed by atoms with Gasteiger partial charge in [-0.3, -0.25) is 0 Å². The second-order valence-corrected chi connectivity index (χ2v) is 4.64. The molecule has 1 aliphatic rings. The minimum atomic E-state index is -0.446. The Hall–Kier alpha value is -0.890. The summed E-state index contributed by atoms with van der Waals surface area (Å²) in [5, 5.41) is 10.1. The molecule has 0 spiro atoms. The number of aliphatic hydroxyl groups excluding tert-OH is 1. The molecule has 0 bridgehead atoms. The molecule has 0 saturated heterocycles. The SMILES string of the molecule is Cc1cc(F)ccc1C(O)C(C)C1CC1. The van der Waals surface area contributed by atoms with E-state index in [0.29, 0.717) is 5.92 Å². The summed E-state index contributed by atoms with van der Waals surface area (Å²) in [6.07, 6.45) is 2.00. The van der Waals surface area contributed by atoms with Gasteiger partial charge in [0.15, 0.2) is 0 Å².